The summed E-state index contributed by atoms with van der Waals surface area (Å²) >= 11 is 0. The molecule has 3 aliphatic carbocycles. The molecule has 2 aromatic carbocycles. The van der Waals surface area contributed by atoms with Gasteiger partial charge in [-0.1, -0.05) is 36.4 Å². The van der Waals surface area contributed by atoms with Crippen molar-refractivity contribution in [3.05, 3.63) is 53.1 Å². The Labute approximate surface area is 224 Å². The number of phenolic OH excluding ortho intramolecular Hbond substituents is 1. The third kappa shape index (κ3) is 3.77. The maximum absolute atomic E-state index is 13.9. The second-order valence-corrected chi connectivity index (χ2v) is 11.1. The molecule has 10 nitrogen and oxygen atoms in total. The van der Waals surface area contributed by atoms with E-state index >= 15 is 0 Å². The van der Waals surface area contributed by atoms with Crippen LogP contribution in [0.2, 0.25) is 0 Å². The molecule has 0 saturated heterocycles. The van der Waals surface area contributed by atoms with Crippen molar-refractivity contribution in [1.82, 2.24) is 4.90 Å². The molecule has 39 heavy (non-hydrogen) atoms. The lowest BCUT2D eigenvalue weighted by atomic mass is 9.52. The number of likely N-dealkylation sites (N-methyl/N-ethyl adjacent to an activating group) is 1. The molecule has 3 unspecified atom stereocenters. The fourth-order valence-corrected chi connectivity index (χ4v) is 6.92. The standard InChI is InChI=1S/C29H30N2O8/c1-12(32)13-4-6-14(7-5-13)17-9-8-15-10-16-11-18-22(31(2)3)25(35)21(28(30)38)27(37)29(18,39)26(36)20(16)24(34)19(15)23(17)33/h4-9,16,18,20-22,25,33,35,39H,10-11H2,1-3H3,(H2,30,38)/t16-,18-,20?,21?,22-,25?,29-/m1/s1. The number of carbonyl (C=O) groups excluding carboxylic acids is 5. The maximum atomic E-state index is 13.9. The van der Waals surface area contributed by atoms with Crippen LogP contribution in [0.25, 0.3) is 11.1 Å². The first-order valence-electron chi connectivity index (χ1n) is 12.8. The number of hydrogen-bond acceptors (Lipinski definition) is 9. The van der Waals surface area contributed by atoms with Gasteiger partial charge in [-0.05, 0) is 50.9 Å². The Bertz CT molecular complexity index is 1430. The predicted molar refractivity (Wildman–Crippen MR) is 138 cm³/mol. The Balaban J connectivity index is 1.59. The van der Waals surface area contributed by atoms with Gasteiger partial charge in [-0.2, -0.15) is 0 Å². The number of benzene rings is 2. The maximum Gasteiger partial charge on any atom is 0.230 e. The van der Waals surface area contributed by atoms with Crippen molar-refractivity contribution in [2.45, 2.75) is 37.5 Å². The van der Waals surface area contributed by atoms with Crippen molar-refractivity contribution < 1.29 is 39.3 Å². The van der Waals surface area contributed by atoms with Gasteiger partial charge >= 0.3 is 0 Å². The van der Waals surface area contributed by atoms with E-state index in [9.17, 15) is 39.3 Å². The molecule has 0 bridgehead atoms. The number of aliphatic hydroxyl groups excluding tert-OH is 1. The molecule has 0 spiro atoms. The van der Waals surface area contributed by atoms with Crippen LogP contribution in [0.1, 0.15) is 39.6 Å². The number of carbonyl (C=O) groups is 5. The number of Topliss-reactive ketones (excluding diaryl/α,β-unsaturated/α-hetero) is 4. The Kier molecular flexibility index (Phi) is 6.32. The fraction of sp³-hybridized carbons (Fsp3) is 0.414. The third-order valence-electron chi connectivity index (χ3n) is 8.77. The number of hydrogen-bond donors (Lipinski definition) is 4. The van der Waals surface area contributed by atoms with Crippen LogP contribution >= 0.6 is 0 Å². The number of aliphatic hydroxyl groups is 2. The normalized spacial score (nSPS) is 31.9. The first-order valence-corrected chi connectivity index (χ1v) is 12.8. The highest BCUT2D eigenvalue weighted by atomic mass is 16.3. The van der Waals surface area contributed by atoms with Crippen LogP contribution in [0.4, 0.5) is 0 Å². The van der Waals surface area contributed by atoms with Crippen LogP contribution in [0.3, 0.4) is 0 Å². The van der Waals surface area contributed by atoms with E-state index < -0.39 is 64.7 Å². The minimum Gasteiger partial charge on any atom is -0.507 e. The van der Waals surface area contributed by atoms with E-state index in [2.05, 4.69) is 0 Å². The van der Waals surface area contributed by atoms with E-state index in [1.807, 2.05) is 0 Å². The highest BCUT2D eigenvalue weighted by Crippen LogP contribution is 2.52. The lowest BCUT2D eigenvalue weighted by Gasteiger charge is -2.54. The van der Waals surface area contributed by atoms with Crippen LogP contribution in [0, 0.1) is 23.7 Å². The van der Waals surface area contributed by atoms with Crippen LogP contribution in [0.15, 0.2) is 36.4 Å². The molecule has 204 valence electrons. The third-order valence-corrected chi connectivity index (χ3v) is 8.77. The number of amides is 1. The molecule has 2 aromatic rings. The molecule has 2 fully saturated rings. The number of rotatable bonds is 4. The summed E-state index contributed by atoms with van der Waals surface area (Å²) in [4.78, 5) is 66.4. The number of phenols is 1. The van der Waals surface area contributed by atoms with Crippen LogP contribution in [-0.2, 0) is 20.8 Å². The van der Waals surface area contributed by atoms with Gasteiger partial charge in [0, 0.05) is 23.1 Å². The summed E-state index contributed by atoms with van der Waals surface area (Å²) < 4.78 is 0. The molecule has 0 aromatic heterocycles. The largest absolute Gasteiger partial charge is 0.507 e. The summed E-state index contributed by atoms with van der Waals surface area (Å²) in [5.41, 5.74) is 4.54. The van der Waals surface area contributed by atoms with E-state index in [1.54, 1.807) is 55.4 Å². The van der Waals surface area contributed by atoms with Crippen molar-refractivity contribution >= 4 is 29.0 Å². The van der Waals surface area contributed by atoms with Crippen LogP contribution < -0.4 is 5.73 Å². The Morgan fingerprint density at radius 2 is 1.67 bits per heavy atom. The van der Waals surface area contributed by atoms with Crippen molar-refractivity contribution in [2.24, 2.45) is 29.4 Å². The minimum atomic E-state index is -2.70. The second-order valence-electron chi connectivity index (χ2n) is 11.1. The number of ketones is 4. The van der Waals surface area contributed by atoms with Crippen molar-refractivity contribution in [1.29, 1.82) is 0 Å². The molecule has 0 radical (unpaired) electrons. The molecule has 7 atom stereocenters. The molecular formula is C29H30N2O8. The predicted octanol–water partition coefficient (Wildman–Crippen LogP) is 0.528. The minimum absolute atomic E-state index is 0.0568. The summed E-state index contributed by atoms with van der Waals surface area (Å²) in [5, 5.41) is 33.8. The Hall–Kier alpha value is -3.73. The van der Waals surface area contributed by atoms with Gasteiger partial charge in [0.25, 0.3) is 0 Å². The van der Waals surface area contributed by atoms with E-state index in [0.717, 1.165) is 0 Å². The highest BCUT2D eigenvalue weighted by Gasteiger charge is 2.69. The van der Waals surface area contributed by atoms with Gasteiger partial charge in [-0.15, -0.1) is 0 Å². The van der Waals surface area contributed by atoms with Gasteiger partial charge < -0.3 is 26.0 Å². The number of aromatic hydroxyl groups is 1. The Morgan fingerprint density at radius 3 is 2.23 bits per heavy atom. The van der Waals surface area contributed by atoms with Crippen molar-refractivity contribution in [3.63, 3.8) is 0 Å². The smallest absolute Gasteiger partial charge is 0.230 e. The average Bonchev–Trinajstić information content (AvgIpc) is 2.86. The average molecular weight is 535 g/mol. The van der Waals surface area contributed by atoms with E-state index in [-0.39, 0.29) is 29.9 Å². The zero-order valence-corrected chi connectivity index (χ0v) is 21.7. The van der Waals surface area contributed by atoms with Crippen LogP contribution in [0.5, 0.6) is 5.75 Å². The lowest BCUT2D eigenvalue weighted by Crippen LogP contribution is -2.75. The van der Waals surface area contributed by atoms with E-state index in [0.29, 0.717) is 22.3 Å². The molecule has 1 amide bonds. The summed E-state index contributed by atoms with van der Waals surface area (Å²) in [6, 6.07) is 8.92. The van der Waals surface area contributed by atoms with E-state index in [1.165, 1.54) is 6.92 Å². The molecular weight excluding hydrogens is 504 g/mol. The van der Waals surface area contributed by atoms with Crippen molar-refractivity contribution in [2.75, 3.05) is 14.1 Å². The van der Waals surface area contributed by atoms with Crippen molar-refractivity contribution in [3.8, 4) is 16.9 Å². The fourth-order valence-electron chi connectivity index (χ4n) is 6.92. The zero-order valence-electron chi connectivity index (χ0n) is 21.7. The summed E-state index contributed by atoms with van der Waals surface area (Å²) in [6.07, 6.45) is -1.25. The monoisotopic (exact) mass is 534 g/mol. The van der Waals surface area contributed by atoms with Crippen LogP contribution in [-0.4, -0.2) is 81.1 Å². The molecule has 0 aliphatic heterocycles. The quantitative estimate of drug-likeness (QED) is 0.322. The molecule has 5 rings (SSSR count). The molecule has 0 heterocycles. The molecule has 10 heteroatoms. The van der Waals surface area contributed by atoms with E-state index in [4.69, 9.17) is 5.73 Å². The number of nitrogens with two attached hydrogens (primary N) is 1. The zero-order chi connectivity index (χ0) is 28.5. The second kappa shape index (κ2) is 9.18. The lowest BCUT2D eigenvalue weighted by molar-refractivity contribution is -0.190. The van der Waals surface area contributed by atoms with Gasteiger partial charge in [0.1, 0.15) is 11.7 Å². The number of primary amides is 1. The van der Waals surface area contributed by atoms with Gasteiger partial charge in [0.15, 0.2) is 28.7 Å². The molecule has 2 saturated carbocycles. The summed E-state index contributed by atoms with van der Waals surface area (Å²) in [7, 11) is 3.20. The SMILES string of the molecule is CC(=O)c1ccc(-c2ccc3c(c2O)C(=O)C2C(=O)[C@@]4(O)C(=O)C(C(N)=O)C(O)[C@H](N(C)C)[C@H]4C[C@H]2C3)cc1. The van der Waals surface area contributed by atoms with Gasteiger partial charge in [-0.3, -0.25) is 24.0 Å². The first-order chi connectivity index (χ1) is 18.3. The summed E-state index contributed by atoms with van der Waals surface area (Å²) in [6.45, 7) is 1.43. The number of nitrogens with zero attached hydrogens (tertiary/aromatic N) is 1. The van der Waals surface area contributed by atoms with Gasteiger partial charge in [0.2, 0.25) is 5.91 Å². The van der Waals surface area contributed by atoms with Gasteiger partial charge in [-0.25, -0.2) is 0 Å². The topological polar surface area (TPSA) is 175 Å². The molecule has 3 aliphatic rings. The first kappa shape index (κ1) is 26.9. The van der Waals surface area contributed by atoms with Gasteiger partial charge in [0.05, 0.1) is 17.6 Å². The summed E-state index contributed by atoms with van der Waals surface area (Å²) in [5.74, 6) is -9.46. The number of fused-ring (bicyclic) bond motifs is 3. The molecule has 5 N–H and O–H groups in total. The Morgan fingerprint density at radius 1 is 1.03 bits per heavy atom. The highest BCUT2D eigenvalue weighted by molar-refractivity contribution is 6.25.